The van der Waals surface area contributed by atoms with Gasteiger partial charge in [-0.1, -0.05) is 18.3 Å². The van der Waals surface area contributed by atoms with Crippen molar-refractivity contribution < 1.29 is 4.92 Å². The number of aromatic nitrogens is 1. The Hall–Kier alpha value is -2.24. The summed E-state index contributed by atoms with van der Waals surface area (Å²) in [4.78, 5) is 26.4. The van der Waals surface area contributed by atoms with E-state index in [2.05, 4.69) is 4.98 Å². The number of nitriles is 1. The normalized spacial score (nSPS) is 10.1. The van der Waals surface area contributed by atoms with Crippen LogP contribution in [0.4, 0.5) is 5.69 Å². The molecule has 0 aliphatic heterocycles. The third kappa shape index (κ3) is 3.26. The Morgan fingerprint density at radius 3 is 2.62 bits per heavy atom. The van der Waals surface area contributed by atoms with E-state index in [0.717, 1.165) is 11.3 Å². The van der Waals surface area contributed by atoms with Crippen LogP contribution in [0.25, 0.3) is 10.6 Å². The molecule has 1 aromatic heterocycles. The average molecular weight is 319 g/mol. The minimum Gasteiger partial charge on any atom is -0.276 e. The fraction of sp³-hybridized carbons (Fsp3) is 0.154. The van der Waals surface area contributed by atoms with Crippen LogP contribution in [0, 0.1) is 21.4 Å². The Balaban J connectivity index is 2.52. The summed E-state index contributed by atoms with van der Waals surface area (Å²) in [6.45, 7) is 1.90. The van der Waals surface area contributed by atoms with E-state index in [1.165, 1.54) is 23.9 Å². The summed E-state index contributed by atoms with van der Waals surface area (Å²) in [5.41, 5.74) is 0.644. The number of benzene rings is 1. The van der Waals surface area contributed by atoms with E-state index in [1.807, 2.05) is 13.0 Å². The maximum atomic E-state index is 11.9. The molecule has 2 aromatic rings. The first-order valence-electron chi connectivity index (χ1n) is 5.89. The minimum atomic E-state index is -0.489. The summed E-state index contributed by atoms with van der Waals surface area (Å²) < 4.78 is -0.350. The molecule has 0 unspecified atom stereocenters. The number of nitrogens with zero attached hydrogens (tertiary/aromatic N) is 3. The van der Waals surface area contributed by atoms with Gasteiger partial charge in [-0.25, -0.2) is 4.98 Å². The number of non-ortho nitro benzene ring substituents is 1. The number of hydrogen-bond donors (Lipinski definition) is 0. The van der Waals surface area contributed by atoms with Gasteiger partial charge in [0, 0.05) is 17.7 Å². The molecule has 0 spiro atoms. The van der Waals surface area contributed by atoms with Crippen molar-refractivity contribution in [2.24, 2.45) is 0 Å². The molecule has 0 saturated carbocycles. The van der Waals surface area contributed by atoms with Crippen molar-refractivity contribution in [1.29, 1.82) is 5.26 Å². The van der Waals surface area contributed by atoms with Crippen LogP contribution in [0.1, 0.15) is 12.5 Å². The van der Waals surface area contributed by atoms with Crippen LogP contribution in [0.3, 0.4) is 0 Å². The first-order chi connectivity index (χ1) is 10.1. The minimum absolute atomic E-state index is 0.0251. The van der Waals surface area contributed by atoms with E-state index in [0.29, 0.717) is 21.3 Å². The molecule has 0 radical (unpaired) electrons. The molecule has 0 fully saturated rings. The smallest absolute Gasteiger partial charge is 0.269 e. The topological polar surface area (TPSA) is 96.9 Å². The number of rotatable bonds is 4. The fourth-order valence-corrected chi connectivity index (χ4v) is 3.23. The molecule has 21 heavy (non-hydrogen) atoms. The van der Waals surface area contributed by atoms with E-state index in [4.69, 9.17) is 5.26 Å². The molecule has 8 heteroatoms. The first-order valence-corrected chi connectivity index (χ1v) is 7.70. The highest BCUT2D eigenvalue weighted by Crippen LogP contribution is 2.26. The third-order valence-electron chi connectivity index (χ3n) is 2.53. The van der Waals surface area contributed by atoms with Crippen molar-refractivity contribution in [1.82, 2.24) is 4.98 Å². The van der Waals surface area contributed by atoms with Gasteiger partial charge in [-0.2, -0.15) is 5.26 Å². The third-order valence-corrected chi connectivity index (χ3v) is 4.30. The molecule has 1 heterocycles. The zero-order valence-electron chi connectivity index (χ0n) is 10.9. The van der Waals surface area contributed by atoms with Gasteiger partial charge in [0.2, 0.25) is 0 Å². The number of hydrogen-bond acceptors (Lipinski definition) is 7. The Bertz CT molecular complexity index is 779. The average Bonchev–Trinajstić information content (AvgIpc) is 2.47. The van der Waals surface area contributed by atoms with Crippen LogP contribution in [0.5, 0.6) is 0 Å². The summed E-state index contributed by atoms with van der Waals surface area (Å²) in [7, 11) is 0. The van der Waals surface area contributed by atoms with Crippen LogP contribution in [0.15, 0.2) is 34.1 Å². The monoisotopic (exact) mass is 319 g/mol. The van der Waals surface area contributed by atoms with Gasteiger partial charge in [-0.05, 0) is 17.9 Å². The van der Waals surface area contributed by atoms with Crippen molar-refractivity contribution in [3.05, 3.63) is 49.5 Å². The number of thioether (sulfide) groups is 1. The Kier molecular flexibility index (Phi) is 4.67. The second-order valence-corrected chi connectivity index (χ2v) is 6.05. The maximum absolute atomic E-state index is 11.9. The molecule has 6 nitrogen and oxygen atoms in total. The molecule has 0 saturated heterocycles. The van der Waals surface area contributed by atoms with Crippen molar-refractivity contribution in [3.8, 4) is 16.6 Å². The van der Waals surface area contributed by atoms with E-state index >= 15 is 0 Å². The highest BCUT2D eigenvalue weighted by Gasteiger charge is 2.14. The predicted molar refractivity (Wildman–Crippen MR) is 81.6 cm³/mol. The second-order valence-electron chi connectivity index (χ2n) is 3.84. The molecule has 106 valence electrons. The summed E-state index contributed by atoms with van der Waals surface area (Å²) in [6, 6.07) is 7.69. The zero-order valence-corrected chi connectivity index (χ0v) is 12.5. The van der Waals surface area contributed by atoms with E-state index < -0.39 is 4.92 Å². The summed E-state index contributed by atoms with van der Waals surface area (Å²) in [6.07, 6.45) is 0. The van der Waals surface area contributed by atoms with Gasteiger partial charge < -0.3 is 0 Å². The SMILES string of the molecule is CCSc1nc(-c2ccc([N+](=O)[O-])cc2)sc(=O)c1C#N. The van der Waals surface area contributed by atoms with Crippen molar-refractivity contribution in [3.63, 3.8) is 0 Å². The lowest BCUT2D eigenvalue weighted by molar-refractivity contribution is -0.384. The predicted octanol–water partition coefficient (Wildman–Crippen LogP) is 3.06. The van der Waals surface area contributed by atoms with Crippen LogP contribution < -0.4 is 4.74 Å². The summed E-state index contributed by atoms with van der Waals surface area (Å²) in [5.74, 6) is 0.690. The van der Waals surface area contributed by atoms with Gasteiger partial charge in [0.25, 0.3) is 10.4 Å². The zero-order chi connectivity index (χ0) is 15.4. The fourth-order valence-electron chi connectivity index (χ4n) is 1.58. The van der Waals surface area contributed by atoms with Crippen molar-refractivity contribution >= 4 is 28.8 Å². The molecule has 0 bridgehead atoms. The van der Waals surface area contributed by atoms with Gasteiger partial charge in [0.15, 0.2) is 0 Å². The molecular formula is C13H9N3O3S2. The Morgan fingerprint density at radius 1 is 1.43 bits per heavy atom. The van der Waals surface area contributed by atoms with E-state index in [1.54, 1.807) is 12.1 Å². The van der Waals surface area contributed by atoms with Crippen molar-refractivity contribution in [2.45, 2.75) is 11.9 Å². The number of nitro groups is 1. The highest BCUT2D eigenvalue weighted by molar-refractivity contribution is 7.99. The standard InChI is InChI=1S/C13H9N3O3S2/c1-2-20-12-10(7-14)13(17)21-11(15-12)8-3-5-9(6-4-8)16(18)19/h3-6H,2H2,1H3. The lowest BCUT2D eigenvalue weighted by atomic mass is 10.2. The molecule has 0 atom stereocenters. The van der Waals surface area contributed by atoms with Gasteiger partial charge in [0.1, 0.15) is 21.7 Å². The largest absolute Gasteiger partial charge is 0.276 e. The molecule has 0 aliphatic carbocycles. The van der Waals surface area contributed by atoms with Crippen LogP contribution in [-0.4, -0.2) is 15.7 Å². The molecule has 0 amide bonds. The Labute approximate surface area is 128 Å². The van der Waals surface area contributed by atoms with Crippen molar-refractivity contribution in [2.75, 3.05) is 5.75 Å². The van der Waals surface area contributed by atoms with Crippen LogP contribution in [-0.2, 0) is 0 Å². The summed E-state index contributed by atoms with van der Waals surface area (Å²) >= 11 is 2.19. The first kappa shape index (κ1) is 15.2. The number of nitro benzene ring substituents is 1. The molecule has 0 N–H and O–H groups in total. The molecule has 0 aliphatic rings. The quantitative estimate of drug-likeness (QED) is 0.488. The van der Waals surface area contributed by atoms with Crippen LogP contribution in [0.2, 0.25) is 0 Å². The van der Waals surface area contributed by atoms with Gasteiger partial charge in [-0.15, -0.1) is 11.8 Å². The van der Waals surface area contributed by atoms with E-state index in [9.17, 15) is 14.9 Å². The molecular weight excluding hydrogens is 310 g/mol. The molecule has 1 aromatic carbocycles. The van der Waals surface area contributed by atoms with E-state index in [-0.39, 0.29) is 16.0 Å². The Morgan fingerprint density at radius 2 is 2.10 bits per heavy atom. The lowest BCUT2D eigenvalue weighted by Gasteiger charge is -2.04. The lowest BCUT2D eigenvalue weighted by Crippen LogP contribution is -2.05. The summed E-state index contributed by atoms with van der Waals surface area (Å²) in [5, 5.41) is 20.5. The second kappa shape index (κ2) is 6.47. The molecule has 2 rings (SSSR count). The van der Waals surface area contributed by atoms with Gasteiger partial charge >= 0.3 is 0 Å². The van der Waals surface area contributed by atoms with Crippen LogP contribution >= 0.6 is 23.1 Å². The maximum Gasteiger partial charge on any atom is 0.269 e. The van der Waals surface area contributed by atoms with Gasteiger partial charge in [-0.3, -0.25) is 14.9 Å². The highest BCUT2D eigenvalue weighted by atomic mass is 32.2. The van der Waals surface area contributed by atoms with Gasteiger partial charge in [0.05, 0.1) is 4.92 Å².